The molecule has 0 radical (unpaired) electrons. The Balaban J connectivity index is 0.000000583. The average Bonchev–Trinajstić information content (AvgIpc) is 3.08. The SMILES string of the molecule is C=CCC.CC.CC/C=C/Cn1c2ccccc2c2cc(C(=N)N=N)ccc21. The van der Waals surface area contributed by atoms with Gasteiger partial charge in [0, 0.05) is 33.9 Å². The summed E-state index contributed by atoms with van der Waals surface area (Å²) in [7, 11) is 0. The number of nitrogens with zero attached hydrogens (tertiary/aromatic N) is 2. The number of hydrogen-bond acceptors (Lipinski definition) is 2. The van der Waals surface area contributed by atoms with E-state index in [0.29, 0.717) is 5.56 Å². The maximum atomic E-state index is 7.73. The third kappa shape index (κ3) is 5.49. The molecule has 1 heterocycles. The monoisotopic (exact) mass is 376 g/mol. The van der Waals surface area contributed by atoms with Gasteiger partial charge in [-0.3, -0.25) is 5.41 Å². The van der Waals surface area contributed by atoms with Gasteiger partial charge in [0.05, 0.1) is 0 Å². The lowest BCUT2D eigenvalue weighted by Crippen LogP contribution is -1.96. The molecule has 148 valence electrons. The highest BCUT2D eigenvalue weighted by Gasteiger charge is 2.11. The van der Waals surface area contributed by atoms with Crippen LogP contribution in [0.2, 0.25) is 0 Å². The van der Waals surface area contributed by atoms with Gasteiger partial charge in [0.1, 0.15) is 0 Å². The fourth-order valence-corrected chi connectivity index (χ4v) is 2.81. The molecule has 0 fully saturated rings. The maximum Gasteiger partial charge on any atom is 0.173 e. The van der Waals surface area contributed by atoms with Crippen LogP contribution in [0.1, 0.15) is 46.1 Å². The Bertz CT molecular complexity index is 948. The zero-order valence-corrected chi connectivity index (χ0v) is 17.5. The Morgan fingerprint density at radius 2 is 1.64 bits per heavy atom. The van der Waals surface area contributed by atoms with Gasteiger partial charge in [-0.05, 0) is 37.1 Å². The van der Waals surface area contributed by atoms with Crippen LogP contribution in [0.4, 0.5) is 0 Å². The molecule has 2 N–H and O–H groups in total. The zero-order chi connectivity index (χ0) is 20.9. The van der Waals surface area contributed by atoms with Crippen molar-refractivity contribution in [3.05, 3.63) is 72.8 Å². The van der Waals surface area contributed by atoms with Crippen molar-refractivity contribution < 1.29 is 0 Å². The summed E-state index contributed by atoms with van der Waals surface area (Å²) >= 11 is 0. The molecule has 28 heavy (non-hydrogen) atoms. The molecule has 0 spiro atoms. The van der Waals surface area contributed by atoms with E-state index in [9.17, 15) is 0 Å². The van der Waals surface area contributed by atoms with Crippen molar-refractivity contribution >= 4 is 27.6 Å². The van der Waals surface area contributed by atoms with E-state index in [1.807, 2.05) is 50.3 Å². The quantitative estimate of drug-likeness (QED) is 0.198. The molecule has 0 amide bonds. The highest BCUT2D eigenvalue weighted by atomic mass is 15.0. The van der Waals surface area contributed by atoms with Crippen LogP contribution in [0.3, 0.4) is 0 Å². The molecule has 0 atom stereocenters. The van der Waals surface area contributed by atoms with Crippen LogP contribution in [0, 0.1) is 10.9 Å². The first kappa shape index (κ1) is 23.0. The summed E-state index contributed by atoms with van der Waals surface area (Å²) in [6.45, 7) is 12.5. The van der Waals surface area contributed by atoms with Crippen molar-refractivity contribution in [2.24, 2.45) is 5.11 Å². The van der Waals surface area contributed by atoms with Crippen molar-refractivity contribution in [2.75, 3.05) is 0 Å². The molecule has 0 aliphatic rings. The van der Waals surface area contributed by atoms with Crippen molar-refractivity contribution in [3.63, 3.8) is 0 Å². The fraction of sp³-hybridized carbons (Fsp3) is 0.292. The second kappa shape index (κ2) is 12.4. The number of benzene rings is 2. The van der Waals surface area contributed by atoms with Crippen LogP contribution in [0.25, 0.3) is 21.8 Å². The van der Waals surface area contributed by atoms with Crippen molar-refractivity contribution in [2.45, 2.75) is 47.1 Å². The summed E-state index contributed by atoms with van der Waals surface area (Å²) < 4.78 is 2.28. The van der Waals surface area contributed by atoms with E-state index in [1.165, 1.54) is 10.9 Å². The second-order valence-corrected chi connectivity index (χ2v) is 5.90. The average molecular weight is 377 g/mol. The van der Waals surface area contributed by atoms with E-state index in [4.69, 9.17) is 10.9 Å². The third-order valence-corrected chi connectivity index (χ3v) is 4.14. The number of nitrogens with one attached hydrogen (secondary N) is 2. The fourth-order valence-electron chi connectivity index (χ4n) is 2.81. The Labute approximate surface area is 168 Å². The van der Waals surface area contributed by atoms with Gasteiger partial charge in [0.2, 0.25) is 0 Å². The van der Waals surface area contributed by atoms with Gasteiger partial charge in [-0.25, -0.2) is 5.53 Å². The van der Waals surface area contributed by atoms with Gasteiger partial charge in [-0.1, -0.05) is 64.1 Å². The van der Waals surface area contributed by atoms with Crippen LogP contribution in [0.15, 0.2) is 72.4 Å². The predicted molar refractivity (Wildman–Crippen MR) is 123 cm³/mol. The first-order valence-electron chi connectivity index (χ1n) is 9.91. The van der Waals surface area contributed by atoms with Gasteiger partial charge in [0.15, 0.2) is 5.84 Å². The smallest absolute Gasteiger partial charge is 0.173 e. The van der Waals surface area contributed by atoms with Crippen LogP contribution >= 0.6 is 0 Å². The van der Waals surface area contributed by atoms with Crippen LogP contribution in [-0.2, 0) is 6.54 Å². The Kier molecular flexibility index (Phi) is 10.2. The van der Waals surface area contributed by atoms with Gasteiger partial charge in [-0.15, -0.1) is 11.7 Å². The molecule has 1 aromatic heterocycles. The lowest BCUT2D eigenvalue weighted by atomic mass is 10.1. The van der Waals surface area contributed by atoms with E-state index in [-0.39, 0.29) is 5.84 Å². The molecular formula is C24H32N4. The molecule has 0 aliphatic heterocycles. The summed E-state index contributed by atoms with van der Waals surface area (Å²) in [4.78, 5) is 0. The second-order valence-electron chi connectivity index (χ2n) is 5.90. The Hall–Kier alpha value is -3.01. The molecule has 0 unspecified atom stereocenters. The van der Waals surface area contributed by atoms with Gasteiger partial charge >= 0.3 is 0 Å². The van der Waals surface area contributed by atoms with Crippen LogP contribution in [-0.4, -0.2) is 10.4 Å². The number of rotatable bonds is 5. The number of fused-ring (bicyclic) bond motifs is 3. The standard InChI is InChI=1S/C18H18N4.C4H8.C2H6/c1-2-3-6-11-22-16-8-5-4-7-14(16)15-12-13(18(19)21-20)9-10-17(15)22;1-3-4-2;1-2/h3-10,12,19-20H,2,11H2,1H3;3H,1,4H2,2H3;1-2H3/b6-3+,19-18?,21-20?;;. The minimum Gasteiger partial charge on any atom is -0.337 e. The number of para-hydroxylation sites is 1. The molecule has 3 aromatic rings. The topological polar surface area (TPSA) is 65.0 Å². The largest absolute Gasteiger partial charge is 0.337 e. The highest BCUT2D eigenvalue weighted by Crippen LogP contribution is 2.30. The van der Waals surface area contributed by atoms with Gasteiger partial charge in [0.25, 0.3) is 0 Å². The third-order valence-electron chi connectivity index (χ3n) is 4.14. The normalized spacial score (nSPS) is 10.1. The lowest BCUT2D eigenvalue weighted by molar-refractivity contribution is 0.893. The predicted octanol–water partition coefficient (Wildman–Crippen LogP) is 7.73. The van der Waals surface area contributed by atoms with Gasteiger partial charge in [-0.2, -0.15) is 0 Å². The molecule has 4 nitrogen and oxygen atoms in total. The highest BCUT2D eigenvalue weighted by molar-refractivity contribution is 6.11. The lowest BCUT2D eigenvalue weighted by Gasteiger charge is -2.04. The van der Waals surface area contributed by atoms with E-state index in [0.717, 1.165) is 30.3 Å². The Morgan fingerprint density at radius 3 is 2.25 bits per heavy atom. The van der Waals surface area contributed by atoms with Crippen molar-refractivity contribution in [1.29, 1.82) is 10.9 Å². The van der Waals surface area contributed by atoms with E-state index >= 15 is 0 Å². The molecule has 3 rings (SSSR count). The van der Waals surface area contributed by atoms with E-state index in [2.05, 4.69) is 54.4 Å². The molecule has 0 bridgehead atoms. The van der Waals surface area contributed by atoms with E-state index < -0.39 is 0 Å². The minimum absolute atomic E-state index is 0.00962. The number of allylic oxidation sites excluding steroid dienone is 3. The van der Waals surface area contributed by atoms with E-state index in [1.54, 1.807) is 0 Å². The summed E-state index contributed by atoms with van der Waals surface area (Å²) in [6, 6.07) is 14.1. The number of amidine groups is 1. The maximum absolute atomic E-state index is 7.73. The number of aromatic nitrogens is 1. The minimum atomic E-state index is -0.00962. The summed E-state index contributed by atoms with van der Waals surface area (Å²) in [5.41, 5.74) is 10.0. The zero-order valence-electron chi connectivity index (χ0n) is 17.5. The molecule has 0 aliphatic carbocycles. The first-order valence-corrected chi connectivity index (χ1v) is 9.91. The van der Waals surface area contributed by atoms with Crippen molar-refractivity contribution in [3.8, 4) is 0 Å². The van der Waals surface area contributed by atoms with Gasteiger partial charge < -0.3 is 4.57 Å². The van der Waals surface area contributed by atoms with Crippen LogP contribution < -0.4 is 0 Å². The Morgan fingerprint density at radius 1 is 1.00 bits per heavy atom. The van der Waals surface area contributed by atoms with Crippen LogP contribution in [0.5, 0.6) is 0 Å². The molecule has 0 saturated carbocycles. The molecule has 4 heteroatoms. The van der Waals surface area contributed by atoms with Crippen molar-refractivity contribution in [1.82, 2.24) is 4.57 Å². The summed E-state index contributed by atoms with van der Waals surface area (Å²) in [6.07, 6.45) is 8.34. The molecule has 2 aromatic carbocycles. The summed E-state index contributed by atoms with van der Waals surface area (Å²) in [5.74, 6) is -0.00962. The molecule has 0 saturated heterocycles. The first-order chi connectivity index (χ1) is 13.7. The molecular weight excluding hydrogens is 344 g/mol. The number of hydrogen-bond donors (Lipinski definition) is 2. The summed E-state index contributed by atoms with van der Waals surface area (Å²) in [5, 5.41) is 13.2.